The van der Waals surface area contributed by atoms with Gasteiger partial charge in [0.25, 0.3) is 0 Å². The molecule has 0 aromatic heterocycles. The van der Waals surface area contributed by atoms with Crippen LogP contribution in [0.4, 0.5) is 0 Å². The van der Waals surface area contributed by atoms with Crippen LogP contribution in [-0.2, 0) is 32.7 Å². The molecule has 0 saturated heterocycles. The van der Waals surface area contributed by atoms with Crippen LogP contribution in [0.3, 0.4) is 0 Å². The van der Waals surface area contributed by atoms with Crippen LogP contribution in [0.1, 0.15) is 232 Å². The van der Waals surface area contributed by atoms with Crippen LogP contribution < -0.4 is 0 Å². The monoisotopic (exact) mass is 973 g/mol. The van der Waals surface area contributed by atoms with Crippen molar-refractivity contribution < 1.29 is 63.1 Å². The van der Waals surface area contributed by atoms with Crippen LogP contribution >= 0.6 is 7.82 Å². The van der Waals surface area contributed by atoms with Crippen molar-refractivity contribution >= 4 is 19.8 Å². The van der Waals surface area contributed by atoms with E-state index in [0.29, 0.717) is 19.3 Å². The van der Waals surface area contributed by atoms with Crippen LogP contribution in [0.25, 0.3) is 0 Å². The lowest BCUT2D eigenvalue weighted by atomic mass is 9.85. The Bertz CT molecular complexity index is 1310. The lowest BCUT2D eigenvalue weighted by Crippen LogP contribution is -2.64. The summed E-state index contributed by atoms with van der Waals surface area (Å²) in [5, 5.41) is 50.3. The van der Waals surface area contributed by atoms with E-state index in [1.54, 1.807) is 0 Å². The Morgan fingerprint density at radius 1 is 0.448 bits per heavy atom. The largest absolute Gasteiger partial charge is 0.472 e. The molecule has 0 aromatic carbocycles. The van der Waals surface area contributed by atoms with E-state index >= 15 is 0 Å². The van der Waals surface area contributed by atoms with Gasteiger partial charge >= 0.3 is 19.8 Å². The van der Waals surface area contributed by atoms with Crippen molar-refractivity contribution in [2.75, 3.05) is 13.2 Å². The highest BCUT2D eigenvalue weighted by Crippen LogP contribution is 2.47. The number of aliphatic hydroxyl groups excluding tert-OH is 5. The molecule has 0 radical (unpaired) electrons. The molecule has 392 valence electrons. The zero-order chi connectivity index (χ0) is 49.2. The number of hydrogen-bond acceptors (Lipinski definition) is 12. The smallest absolute Gasteiger partial charge is 0.462 e. The molecule has 1 fully saturated rings. The van der Waals surface area contributed by atoms with E-state index in [1.807, 2.05) is 6.08 Å². The summed E-state index contributed by atoms with van der Waals surface area (Å²) in [6.07, 6.45) is 37.8. The third kappa shape index (κ3) is 34.9. The van der Waals surface area contributed by atoms with E-state index in [0.717, 1.165) is 64.2 Å². The first-order valence-electron chi connectivity index (χ1n) is 26.8. The molecule has 0 spiro atoms. The van der Waals surface area contributed by atoms with E-state index < -0.39 is 75.7 Å². The minimum Gasteiger partial charge on any atom is -0.462 e. The molecule has 1 aliphatic carbocycles. The minimum atomic E-state index is -5.13. The first-order valence-corrected chi connectivity index (χ1v) is 28.3. The van der Waals surface area contributed by atoms with Gasteiger partial charge in [-0.2, -0.15) is 0 Å². The van der Waals surface area contributed by atoms with E-state index in [1.165, 1.54) is 122 Å². The fourth-order valence-corrected chi connectivity index (χ4v) is 9.10. The Balaban J connectivity index is 2.38. The molecule has 1 aliphatic rings. The standard InChI is InChI=1S/C53H97O13P/c1-3-5-7-9-11-13-15-17-19-20-21-22-23-24-25-26-28-29-31-33-35-37-39-41-46(54)63-43-45(44-64-67(61,62)66-53-51(59)49(57)48(56)50(58)52(53)60)65-47(55)42-40-38-36-34-32-30-27-18-16-14-12-10-8-6-4-2/h14,16,26,28,33,35,45,48-53,56-60H,3-13,15,17-25,27,29-32,34,36-44H2,1-2H3,(H,61,62)/b16-14+,28-26+,35-33+/t45-,48?,49-,50?,51?,52?,53?/m0/s1. The van der Waals surface area contributed by atoms with E-state index in [4.69, 9.17) is 18.5 Å². The molecule has 0 bridgehead atoms. The fraction of sp³-hybridized carbons (Fsp3) is 0.849. The fourth-order valence-electron chi connectivity index (χ4n) is 8.13. The molecule has 8 atom stereocenters. The maximum atomic E-state index is 12.8. The molecular formula is C53H97O13P. The van der Waals surface area contributed by atoms with Crippen LogP contribution in [0.15, 0.2) is 36.5 Å². The topological polar surface area (TPSA) is 210 Å². The average Bonchev–Trinajstić information content (AvgIpc) is 3.31. The summed E-state index contributed by atoms with van der Waals surface area (Å²) in [6.45, 7) is 3.28. The van der Waals surface area contributed by atoms with Crippen molar-refractivity contribution in [1.82, 2.24) is 0 Å². The van der Waals surface area contributed by atoms with Gasteiger partial charge in [-0.05, 0) is 70.6 Å². The number of phosphoric acid groups is 1. The van der Waals surface area contributed by atoms with Gasteiger partial charge in [0.2, 0.25) is 0 Å². The Labute approximate surface area is 406 Å². The molecule has 67 heavy (non-hydrogen) atoms. The molecule has 1 saturated carbocycles. The second kappa shape index (κ2) is 42.9. The number of carbonyl (C=O) groups excluding carboxylic acids is 2. The highest BCUT2D eigenvalue weighted by atomic mass is 31.2. The molecule has 14 heteroatoms. The molecule has 0 heterocycles. The number of allylic oxidation sites excluding steroid dienone is 6. The van der Waals surface area contributed by atoms with Gasteiger partial charge in [0, 0.05) is 12.8 Å². The molecular weight excluding hydrogens is 876 g/mol. The summed E-state index contributed by atoms with van der Waals surface area (Å²) < 4.78 is 33.6. The van der Waals surface area contributed by atoms with E-state index in [9.17, 15) is 44.6 Å². The summed E-state index contributed by atoms with van der Waals surface area (Å²) in [5.41, 5.74) is 0. The Hall–Kier alpha value is -1.93. The first-order chi connectivity index (χ1) is 32.4. The van der Waals surface area contributed by atoms with E-state index in [-0.39, 0.29) is 12.8 Å². The lowest BCUT2D eigenvalue weighted by molar-refractivity contribution is -0.220. The Morgan fingerprint density at radius 3 is 1.24 bits per heavy atom. The van der Waals surface area contributed by atoms with Crippen LogP contribution in [0.5, 0.6) is 0 Å². The van der Waals surface area contributed by atoms with Gasteiger partial charge < -0.3 is 39.9 Å². The van der Waals surface area contributed by atoms with Crippen molar-refractivity contribution in [3.8, 4) is 0 Å². The summed E-state index contributed by atoms with van der Waals surface area (Å²) in [4.78, 5) is 35.8. The normalized spacial score (nSPS) is 21.4. The highest BCUT2D eigenvalue weighted by molar-refractivity contribution is 7.47. The highest BCUT2D eigenvalue weighted by Gasteiger charge is 2.51. The zero-order valence-corrected chi connectivity index (χ0v) is 42.8. The number of phosphoric ester groups is 1. The molecule has 6 N–H and O–H groups in total. The van der Waals surface area contributed by atoms with Gasteiger partial charge in [-0.15, -0.1) is 0 Å². The first kappa shape index (κ1) is 63.1. The molecule has 1 rings (SSSR count). The van der Waals surface area contributed by atoms with Gasteiger partial charge in [-0.3, -0.25) is 18.6 Å². The predicted molar refractivity (Wildman–Crippen MR) is 267 cm³/mol. The van der Waals surface area contributed by atoms with Crippen LogP contribution in [-0.4, -0.2) is 98.3 Å². The summed E-state index contributed by atoms with van der Waals surface area (Å²) in [6, 6.07) is 0. The van der Waals surface area contributed by atoms with Crippen molar-refractivity contribution in [1.29, 1.82) is 0 Å². The second-order valence-corrected chi connectivity index (χ2v) is 20.1. The molecule has 0 aliphatic heterocycles. The molecule has 0 aromatic rings. The molecule has 0 amide bonds. The van der Waals surface area contributed by atoms with Gasteiger partial charge in [0.05, 0.1) is 6.61 Å². The van der Waals surface area contributed by atoms with Crippen LogP contribution in [0.2, 0.25) is 0 Å². The van der Waals surface area contributed by atoms with Gasteiger partial charge in [-0.25, -0.2) is 4.57 Å². The number of unbranched alkanes of at least 4 members (excludes halogenated alkanes) is 27. The third-order valence-electron chi connectivity index (χ3n) is 12.4. The zero-order valence-electron chi connectivity index (χ0n) is 41.9. The number of aliphatic hydroxyl groups is 5. The maximum absolute atomic E-state index is 12.8. The average molecular weight is 973 g/mol. The Kier molecular flexibility index (Phi) is 40.4. The SMILES string of the molecule is CCCCCC/C=C/CCCCCCCCCC(=O)O[C@@H](COC(=O)CCC/C=C/CC/C=C/CCCCCCCCCCCCCCCC)COP(=O)(O)OC1C(O)C(O)C(O)[C@H](O)C1O. The summed E-state index contributed by atoms with van der Waals surface area (Å²) in [7, 11) is -5.13. The number of rotatable bonds is 45. The minimum absolute atomic E-state index is 0.0843. The van der Waals surface area contributed by atoms with Crippen molar-refractivity contribution in [2.24, 2.45) is 0 Å². The number of esters is 2. The van der Waals surface area contributed by atoms with Gasteiger partial charge in [-0.1, -0.05) is 185 Å². The van der Waals surface area contributed by atoms with Gasteiger partial charge in [0.1, 0.15) is 43.2 Å². The number of ether oxygens (including phenoxy) is 2. The quantitative estimate of drug-likeness (QED) is 0.0145. The molecule has 13 nitrogen and oxygen atoms in total. The maximum Gasteiger partial charge on any atom is 0.472 e. The third-order valence-corrected chi connectivity index (χ3v) is 13.4. The molecule has 6 unspecified atom stereocenters. The lowest BCUT2D eigenvalue weighted by Gasteiger charge is -2.41. The summed E-state index contributed by atoms with van der Waals surface area (Å²) in [5.74, 6) is -1.15. The summed E-state index contributed by atoms with van der Waals surface area (Å²) >= 11 is 0. The van der Waals surface area contributed by atoms with Crippen molar-refractivity contribution in [3.63, 3.8) is 0 Å². The Morgan fingerprint density at radius 2 is 0.791 bits per heavy atom. The second-order valence-electron chi connectivity index (χ2n) is 18.7. The predicted octanol–water partition coefficient (Wildman–Crippen LogP) is 11.7. The van der Waals surface area contributed by atoms with Crippen molar-refractivity contribution in [2.45, 2.75) is 275 Å². The number of hydrogen-bond donors (Lipinski definition) is 6. The van der Waals surface area contributed by atoms with Gasteiger partial charge in [0.15, 0.2) is 6.10 Å². The number of carbonyl (C=O) groups is 2. The van der Waals surface area contributed by atoms with Crippen molar-refractivity contribution in [3.05, 3.63) is 36.5 Å². The van der Waals surface area contributed by atoms with Crippen LogP contribution in [0, 0.1) is 0 Å². The van der Waals surface area contributed by atoms with E-state index in [2.05, 4.69) is 44.2 Å².